The Labute approximate surface area is 87.5 Å². The Kier molecular flexibility index (Phi) is 1.67. The van der Waals surface area contributed by atoms with Gasteiger partial charge in [-0.15, -0.1) is 0 Å². The molecule has 1 aromatic carbocycles. The van der Waals surface area contributed by atoms with Crippen LogP contribution < -0.4 is 5.32 Å². The van der Waals surface area contributed by atoms with Crippen LogP contribution >= 0.6 is 0 Å². The van der Waals surface area contributed by atoms with E-state index in [1.165, 1.54) is 12.1 Å². The number of hydrogen-bond acceptors (Lipinski definition) is 1. The zero-order chi connectivity index (χ0) is 10.5. The zero-order valence-electron chi connectivity index (χ0n) is 8.29. The number of hydrogen-bond donors (Lipinski definition) is 1. The largest absolute Gasteiger partial charge is 0.346 e. The van der Waals surface area contributed by atoms with E-state index in [4.69, 9.17) is 0 Å². The molecule has 3 heteroatoms. The van der Waals surface area contributed by atoms with E-state index in [2.05, 4.69) is 5.32 Å². The number of amides is 1. The number of carbonyl (C=O) groups is 1. The van der Waals surface area contributed by atoms with Crippen LogP contribution in [0.2, 0.25) is 0 Å². The van der Waals surface area contributed by atoms with Crippen LogP contribution in [0.25, 0.3) is 0 Å². The van der Waals surface area contributed by atoms with Crippen LogP contribution in [0.3, 0.4) is 0 Å². The van der Waals surface area contributed by atoms with Crippen LogP contribution in [0.1, 0.15) is 29.6 Å². The smallest absolute Gasteiger partial charge is 0.254 e. The summed E-state index contributed by atoms with van der Waals surface area (Å²) in [5.41, 5.74) is 0.173. The van der Waals surface area contributed by atoms with Gasteiger partial charge in [0.25, 0.3) is 5.91 Å². The summed E-state index contributed by atoms with van der Waals surface area (Å²) in [6.45, 7) is 0. The summed E-state index contributed by atoms with van der Waals surface area (Å²) in [5, 5.41) is 2.94. The maximum atomic E-state index is 13.3. The van der Waals surface area contributed by atoms with Gasteiger partial charge in [-0.2, -0.15) is 0 Å². The lowest BCUT2D eigenvalue weighted by atomic mass is 9.50. The van der Waals surface area contributed by atoms with Gasteiger partial charge < -0.3 is 5.32 Å². The molecule has 0 heterocycles. The number of carbonyl (C=O) groups excluding carboxylic acids is 1. The van der Waals surface area contributed by atoms with Gasteiger partial charge in [-0.05, 0) is 37.3 Å². The van der Waals surface area contributed by atoms with Gasteiger partial charge in [0.2, 0.25) is 0 Å². The summed E-state index contributed by atoms with van der Waals surface area (Å²) in [6, 6.07) is 6.11. The number of benzene rings is 1. The predicted octanol–water partition coefficient (Wildman–Crippen LogP) is 2.11. The minimum atomic E-state index is -0.443. The monoisotopic (exact) mass is 205 g/mol. The first-order valence-electron chi connectivity index (χ1n) is 5.26. The van der Waals surface area contributed by atoms with Gasteiger partial charge in [-0.3, -0.25) is 4.79 Å². The molecule has 2 bridgehead atoms. The summed E-state index contributed by atoms with van der Waals surface area (Å²) >= 11 is 0. The second kappa shape index (κ2) is 2.81. The third-order valence-corrected chi connectivity index (χ3v) is 3.54. The standard InChI is InChI=1S/C12H12FNO/c13-10-4-2-1-3-9(10)11(15)14-12-5-8(6-12)7-12/h1-4,8H,5-7H2,(H,14,15). The Bertz CT molecular complexity index is 412. The Morgan fingerprint density at radius 3 is 2.53 bits per heavy atom. The molecule has 0 spiro atoms. The normalized spacial score (nSPS) is 31.4. The molecule has 0 unspecified atom stereocenters. The summed E-state index contributed by atoms with van der Waals surface area (Å²) in [7, 11) is 0. The molecule has 3 fully saturated rings. The molecule has 3 aliphatic rings. The molecule has 78 valence electrons. The first-order chi connectivity index (χ1) is 7.19. The number of rotatable bonds is 2. The third kappa shape index (κ3) is 1.26. The lowest BCUT2D eigenvalue weighted by molar-refractivity contribution is -0.0439. The van der Waals surface area contributed by atoms with E-state index in [0.29, 0.717) is 0 Å². The van der Waals surface area contributed by atoms with Crippen LogP contribution in [0, 0.1) is 11.7 Å². The van der Waals surface area contributed by atoms with E-state index in [1.54, 1.807) is 12.1 Å². The van der Waals surface area contributed by atoms with Crippen molar-refractivity contribution in [2.75, 3.05) is 0 Å². The molecule has 0 radical (unpaired) electrons. The second-order valence-corrected chi connectivity index (χ2v) is 4.69. The first-order valence-corrected chi connectivity index (χ1v) is 5.26. The first kappa shape index (κ1) is 8.89. The summed E-state index contributed by atoms with van der Waals surface area (Å²) in [4.78, 5) is 11.7. The number of halogens is 1. The van der Waals surface area contributed by atoms with Crippen LogP contribution in [0.4, 0.5) is 4.39 Å². The lowest BCUT2D eigenvalue weighted by Gasteiger charge is -2.61. The Morgan fingerprint density at radius 1 is 1.33 bits per heavy atom. The Morgan fingerprint density at radius 2 is 2.00 bits per heavy atom. The molecule has 3 saturated carbocycles. The fourth-order valence-electron chi connectivity index (χ4n) is 2.59. The van der Waals surface area contributed by atoms with Crippen molar-refractivity contribution in [2.24, 2.45) is 5.92 Å². The fourth-order valence-corrected chi connectivity index (χ4v) is 2.59. The van der Waals surface area contributed by atoms with Crippen molar-refractivity contribution in [3.05, 3.63) is 35.6 Å². The highest BCUT2D eigenvalue weighted by Gasteiger charge is 2.57. The van der Waals surface area contributed by atoms with Gasteiger partial charge in [-0.25, -0.2) is 4.39 Å². The van der Waals surface area contributed by atoms with Crippen molar-refractivity contribution in [1.82, 2.24) is 5.32 Å². The lowest BCUT2D eigenvalue weighted by Crippen LogP contribution is -2.68. The topological polar surface area (TPSA) is 29.1 Å². The highest BCUT2D eigenvalue weighted by atomic mass is 19.1. The molecule has 3 aliphatic carbocycles. The van der Waals surface area contributed by atoms with Gasteiger partial charge in [-0.1, -0.05) is 12.1 Å². The van der Waals surface area contributed by atoms with Gasteiger partial charge in [0.1, 0.15) is 5.82 Å². The highest BCUT2D eigenvalue weighted by Crippen LogP contribution is 2.56. The maximum absolute atomic E-state index is 13.3. The minimum Gasteiger partial charge on any atom is -0.346 e. The van der Waals surface area contributed by atoms with Crippen molar-refractivity contribution >= 4 is 5.91 Å². The summed E-state index contributed by atoms with van der Waals surface area (Å²) in [5.74, 6) is 0.0961. The zero-order valence-corrected chi connectivity index (χ0v) is 8.29. The fraction of sp³-hybridized carbons (Fsp3) is 0.417. The van der Waals surface area contributed by atoms with Crippen molar-refractivity contribution < 1.29 is 9.18 Å². The van der Waals surface area contributed by atoms with Gasteiger partial charge in [0, 0.05) is 5.54 Å². The van der Waals surface area contributed by atoms with Gasteiger partial charge >= 0.3 is 0 Å². The number of nitrogens with one attached hydrogen (secondary N) is 1. The van der Waals surface area contributed by atoms with Crippen molar-refractivity contribution in [3.63, 3.8) is 0 Å². The molecular weight excluding hydrogens is 193 g/mol. The molecule has 0 aromatic heterocycles. The van der Waals surface area contributed by atoms with E-state index < -0.39 is 5.82 Å². The summed E-state index contributed by atoms with van der Waals surface area (Å²) < 4.78 is 13.3. The quantitative estimate of drug-likeness (QED) is 0.787. The molecule has 0 atom stereocenters. The molecule has 0 saturated heterocycles. The minimum absolute atomic E-state index is 0.0179. The van der Waals surface area contributed by atoms with Crippen LogP contribution in [-0.4, -0.2) is 11.4 Å². The summed E-state index contributed by atoms with van der Waals surface area (Å²) in [6.07, 6.45) is 3.23. The van der Waals surface area contributed by atoms with E-state index in [0.717, 1.165) is 25.2 Å². The van der Waals surface area contributed by atoms with Crippen LogP contribution in [0.15, 0.2) is 24.3 Å². The van der Waals surface area contributed by atoms with E-state index in [9.17, 15) is 9.18 Å². The average molecular weight is 205 g/mol. The second-order valence-electron chi connectivity index (χ2n) is 4.69. The van der Waals surface area contributed by atoms with E-state index in [-0.39, 0.29) is 17.0 Å². The average Bonchev–Trinajstić information content (AvgIpc) is 2.10. The Hall–Kier alpha value is -1.38. The highest BCUT2D eigenvalue weighted by molar-refractivity contribution is 5.95. The van der Waals surface area contributed by atoms with Gasteiger partial charge in [0.05, 0.1) is 5.56 Å². The molecule has 0 aliphatic heterocycles. The molecule has 15 heavy (non-hydrogen) atoms. The molecule has 1 N–H and O–H groups in total. The molecule has 1 aromatic rings. The van der Waals surface area contributed by atoms with Crippen LogP contribution in [-0.2, 0) is 0 Å². The molecule has 1 amide bonds. The van der Waals surface area contributed by atoms with Crippen molar-refractivity contribution in [2.45, 2.75) is 24.8 Å². The van der Waals surface area contributed by atoms with Crippen LogP contribution in [0.5, 0.6) is 0 Å². The molecule has 4 rings (SSSR count). The van der Waals surface area contributed by atoms with Crippen molar-refractivity contribution in [1.29, 1.82) is 0 Å². The van der Waals surface area contributed by atoms with E-state index >= 15 is 0 Å². The molecule has 2 nitrogen and oxygen atoms in total. The third-order valence-electron chi connectivity index (χ3n) is 3.54. The maximum Gasteiger partial charge on any atom is 0.254 e. The van der Waals surface area contributed by atoms with Gasteiger partial charge in [0.15, 0.2) is 0 Å². The molecular formula is C12H12FNO. The SMILES string of the molecule is O=C(NC12CC(C1)C2)c1ccccc1F. The Balaban J connectivity index is 1.77. The predicted molar refractivity (Wildman–Crippen MR) is 53.9 cm³/mol. The van der Waals surface area contributed by atoms with E-state index in [1.807, 2.05) is 0 Å². The van der Waals surface area contributed by atoms with Crippen molar-refractivity contribution in [3.8, 4) is 0 Å².